The smallest absolute Gasteiger partial charge is 0.0841 e. The molecule has 1 atom stereocenters. The van der Waals surface area contributed by atoms with Gasteiger partial charge in [0.25, 0.3) is 0 Å². The Hall–Kier alpha value is -1.39. The molecule has 98 valence electrons. The molecule has 4 heteroatoms. The zero-order chi connectivity index (χ0) is 13.0. The number of nitrogens with one attached hydrogen (secondary N) is 1. The summed E-state index contributed by atoms with van der Waals surface area (Å²) in [6.45, 7) is 3.68. The molecular weight excluding hydrogens is 226 g/mol. The van der Waals surface area contributed by atoms with Crippen molar-refractivity contribution >= 4 is 10.9 Å². The second-order valence-electron chi connectivity index (χ2n) is 4.53. The van der Waals surface area contributed by atoms with Crippen LogP contribution in [0.5, 0.6) is 0 Å². The highest BCUT2D eigenvalue weighted by molar-refractivity contribution is 5.81. The normalized spacial score (nSPS) is 13.1. The first kappa shape index (κ1) is 13.1. The summed E-state index contributed by atoms with van der Waals surface area (Å²) in [5.41, 5.74) is 2.27. The maximum Gasteiger partial charge on any atom is 0.0841 e. The molecule has 0 spiro atoms. The van der Waals surface area contributed by atoms with Crippen LogP contribution < -0.4 is 5.32 Å². The van der Waals surface area contributed by atoms with Crippen LogP contribution in [0.15, 0.2) is 24.3 Å². The Kier molecular flexibility index (Phi) is 4.33. The Morgan fingerprint density at radius 3 is 2.89 bits per heavy atom. The van der Waals surface area contributed by atoms with E-state index in [0.717, 1.165) is 25.3 Å². The van der Waals surface area contributed by atoms with Gasteiger partial charge < -0.3 is 10.1 Å². The number of hydrogen-bond acceptors (Lipinski definition) is 3. The monoisotopic (exact) mass is 247 g/mol. The Bertz CT molecular complexity index is 507. The van der Waals surface area contributed by atoms with Gasteiger partial charge in [0.15, 0.2) is 0 Å². The van der Waals surface area contributed by atoms with E-state index in [9.17, 15) is 0 Å². The molecule has 4 nitrogen and oxygen atoms in total. The van der Waals surface area contributed by atoms with Crippen LogP contribution >= 0.6 is 0 Å². The van der Waals surface area contributed by atoms with Crippen molar-refractivity contribution in [3.63, 3.8) is 0 Å². The van der Waals surface area contributed by atoms with Gasteiger partial charge in [-0.05, 0) is 12.5 Å². The summed E-state index contributed by atoms with van der Waals surface area (Å²) in [4.78, 5) is 0. The van der Waals surface area contributed by atoms with Crippen molar-refractivity contribution in [2.75, 3.05) is 13.7 Å². The van der Waals surface area contributed by atoms with E-state index in [1.54, 1.807) is 7.11 Å². The van der Waals surface area contributed by atoms with Gasteiger partial charge in [-0.15, -0.1) is 0 Å². The minimum absolute atomic E-state index is 0.385. The van der Waals surface area contributed by atoms with Crippen molar-refractivity contribution in [3.05, 3.63) is 30.0 Å². The highest BCUT2D eigenvalue weighted by atomic mass is 16.5. The molecule has 0 aliphatic rings. The largest absolute Gasteiger partial charge is 0.383 e. The Morgan fingerprint density at radius 1 is 1.39 bits per heavy atom. The van der Waals surface area contributed by atoms with Crippen LogP contribution in [0.25, 0.3) is 10.9 Å². The second-order valence-corrected chi connectivity index (χ2v) is 4.53. The first-order chi connectivity index (χ1) is 8.76. The van der Waals surface area contributed by atoms with E-state index in [2.05, 4.69) is 35.5 Å². The third kappa shape index (κ3) is 2.71. The summed E-state index contributed by atoms with van der Waals surface area (Å²) in [5.74, 6) is 0. The molecule has 0 saturated carbocycles. The van der Waals surface area contributed by atoms with Crippen LogP contribution in [0.2, 0.25) is 0 Å². The molecule has 1 heterocycles. The molecule has 2 rings (SSSR count). The average Bonchev–Trinajstić information content (AvgIpc) is 2.72. The number of fused-ring (bicyclic) bond motifs is 1. The number of ether oxygens (including phenoxy) is 1. The molecule has 1 aromatic heterocycles. The first-order valence-electron chi connectivity index (χ1n) is 6.39. The quantitative estimate of drug-likeness (QED) is 0.849. The van der Waals surface area contributed by atoms with Gasteiger partial charge in [-0.25, -0.2) is 0 Å². The molecule has 18 heavy (non-hydrogen) atoms. The van der Waals surface area contributed by atoms with E-state index in [1.807, 2.05) is 17.8 Å². The molecule has 0 radical (unpaired) electrons. The number of nitrogens with zero attached hydrogens (tertiary/aromatic N) is 2. The van der Waals surface area contributed by atoms with Crippen LogP contribution in [-0.2, 0) is 18.3 Å². The van der Waals surface area contributed by atoms with Crippen LogP contribution in [0.4, 0.5) is 0 Å². The number of para-hydroxylation sites is 1. The van der Waals surface area contributed by atoms with Crippen LogP contribution in [0.1, 0.15) is 19.0 Å². The standard InChI is InChI=1S/C14H21N3O/c1-4-11(10-18-3)15-9-13-12-7-5-6-8-14(12)17(2)16-13/h5-8,11,15H,4,9-10H2,1-3H3. The van der Waals surface area contributed by atoms with Gasteiger partial charge >= 0.3 is 0 Å². The molecule has 0 saturated heterocycles. The maximum absolute atomic E-state index is 5.19. The molecule has 0 aliphatic carbocycles. The van der Waals surface area contributed by atoms with Crippen molar-refractivity contribution < 1.29 is 4.74 Å². The zero-order valence-corrected chi connectivity index (χ0v) is 11.3. The van der Waals surface area contributed by atoms with Crippen molar-refractivity contribution in [3.8, 4) is 0 Å². The van der Waals surface area contributed by atoms with Crippen LogP contribution in [0.3, 0.4) is 0 Å². The van der Waals surface area contributed by atoms with Gasteiger partial charge in [0, 0.05) is 32.1 Å². The molecule has 1 aromatic carbocycles. The van der Waals surface area contributed by atoms with Gasteiger partial charge in [0.1, 0.15) is 0 Å². The van der Waals surface area contributed by atoms with Crippen LogP contribution in [-0.4, -0.2) is 29.5 Å². The van der Waals surface area contributed by atoms with Gasteiger partial charge in [0.2, 0.25) is 0 Å². The highest BCUT2D eigenvalue weighted by Gasteiger charge is 2.10. The van der Waals surface area contributed by atoms with Gasteiger partial charge in [0.05, 0.1) is 17.8 Å². The molecule has 0 aliphatic heterocycles. The lowest BCUT2D eigenvalue weighted by molar-refractivity contribution is 0.163. The summed E-state index contributed by atoms with van der Waals surface area (Å²) in [6, 6.07) is 8.70. The van der Waals surface area contributed by atoms with E-state index in [4.69, 9.17) is 4.74 Å². The molecule has 0 amide bonds. The number of aryl methyl sites for hydroxylation is 1. The predicted molar refractivity (Wildman–Crippen MR) is 73.5 cm³/mol. The molecule has 2 aromatic rings. The fourth-order valence-electron chi connectivity index (χ4n) is 2.18. The molecule has 0 bridgehead atoms. The van der Waals surface area contributed by atoms with Gasteiger partial charge in [-0.3, -0.25) is 4.68 Å². The zero-order valence-electron chi connectivity index (χ0n) is 11.3. The van der Waals surface area contributed by atoms with Gasteiger partial charge in [-0.2, -0.15) is 5.10 Å². The van der Waals surface area contributed by atoms with Gasteiger partial charge in [-0.1, -0.05) is 25.1 Å². The van der Waals surface area contributed by atoms with Crippen LogP contribution in [0, 0.1) is 0 Å². The fourth-order valence-corrected chi connectivity index (χ4v) is 2.18. The minimum atomic E-state index is 0.385. The molecule has 1 N–H and O–H groups in total. The topological polar surface area (TPSA) is 39.1 Å². The predicted octanol–water partition coefficient (Wildman–Crippen LogP) is 2.09. The number of rotatable bonds is 6. The SMILES string of the molecule is CCC(COC)NCc1nn(C)c2ccccc12. The Morgan fingerprint density at radius 2 is 2.17 bits per heavy atom. The number of benzene rings is 1. The fraction of sp³-hybridized carbons (Fsp3) is 0.500. The third-order valence-electron chi connectivity index (χ3n) is 3.25. The number of aromatic nitrogens is 2. The highest BCUT2D eigenvalue weighted by Crippen LogP contribution is 2.17. The van der Waals surface area contributed by atoms with E-state index in [0.29, 0.717) is 6.04 Å². The lowest BCUT2D eigenvalue weighted by Gasteiger charge is -2.14. The Labute approximate surface area is 108 Å². The summed E-state index contributed by atoms with van der Waals surface area (Å²) in [7, 11) is 3.72. The van der Waals surface area contributed by atoms with E-state index in [1.165, 1.54) is 10.9 Å². The first-order valence-corrected chi connectivity index (χ1v) is 6.39. The number of hydrogen-bond donors (Lipinski definition) is 1. The summed E-state index contributed by atoms with van der Waals surface area (Å²) >= 11 is 0. The maximum atomic E-state index is 5.19. The third-order valence-corrected chi connectivity index (χ3v) is 3.25. The average molecular weight is 247 g/mol. The number of methoxy groups -OCH3 is 1. The van der Waals surface area contributed by atoms with Crippen molar-refractivity contribution in [1.29, 1.82) is 0 Å². The van der Waals surface area contributed by atoms with Crippen molar-refractivity contribution in [2.24, 2.45) is 7.05 Å². The molecular formula is C14H21N3O. The molecule has 0 fully saturated rings. The van der Waals surface area contributed by atoms with Crippen molar-refractivity contribution in [1.82, 2.24) is 15.1 Å². The van der Waals surface area contributed by atoms with E-state index >= 15 is 0 Å². The summed E-state index contributed by atoms with van der Waals surface area (Å²) in [6.07, 6.45) is 1.05. The molecule has 1 unspecified atom stereocenters. The lowest BCUT2D eigenvalue weighted by Crippen LogP contribution is -2.32. The summed E-state index contributed by atoms with van der Waals surface area (Å²) < 4.78 is 7.12. The van der Waals surface area contributed by atoms with E-state index in [-0.39, 0.29) is 0 Å². The minimum Gasteiger partial charge on any atom is -0.383 e. The van der Waals surface area contributed by atoms with Crippen molar-refractivity contribution in [2.45, 2.75) is 25.9 Å². The second kappa shape index (κ2) is 5.98. The summed E-state index contributed by atoms with van der Waals surface area (Å²) in [5, 5.41) is 9.28. The lowest BCUT2D eigenvalue weighted by atomic mass is 10.2. The Balaban J connectivity index is 2.12. The van der Waals surface area contributed by atoms with E-state index < -0.39 is 0 Å².